The molecule has 1 saturated heterocycles. The monoisotopic (exact) mass is 502 g/mol. The normalized spacial score (nSPS) is 17.0. The molecule has 0 aromatic heterocycles. The zero-order chi connectivity index (χ0) is 26.3. The molecule has 0 radical (unpaired) electrons. The van der Waals surface area contributed by atoms with E-state index in [2.05, 4.69) is 0 Å². The summed E-state index contributed by atoms with van der Waals surface area (Å²) < 4.78 is 0. The number of Topliss-reactive ketones (excluding diaryl/α,β-unsaturated/α-hetero) is 2. The topological polar surface area (TPSA) is 57.7 Å². The van der Waals surface area contributed by atoms with Gasteiger partial charge in [0.15, 0.2) is 11.6 Å². The lowest BCUT2D eigenvalue weighted by Crippen LogP contribution is -2.48. The highest BCUT2D eigenvalue weighted by atomic mass is 16.2. The van der Waals surface area contributed by atoms with Crippen LogP contribution in [0.1, 0.15) is 22.3 Å². The van der Waals surface area contributed by atoms with Gasteiger partial charge in [-0.25, -0.2) is 4.79 Å². The average molecular weight is 503 g/mol. The molecule has 5 heteroatoms. The highest BCUT2D eigenvalue weighted by molar-refractivity contribution is 6.02. The van der Waals surface area contributed by atoms with Crippen LogP contribution in [-0.4, -0.2) is 39.5 Å². The molecule has 1 aliphatic rings. The van der Waals surface area contributed by atoms with E-state index in [9.17, 15) is 14.4 Å². The van der Waals surface area contributed by atoms with Gasteiger partial charge in [-0.05, 0) is 22.3 Å². The van der Waals surface area contributed by atoms with E-state index < -0.39 is 12.1 Å². The Morgan fingerprint density at radius 3 is 1.08 bits per heavy atom. The number of hydrogen-bond acceptors (Lipinski definition) is 3. The van der Waals surface area contributed by atoms with Gasteiger partial charge in [-0.2, -0.15) is 0 Å². The van der Waals surface area contributed by atoms with Gasteiger partial charge in [0, 0.05) is 25.9 Å². The quantitative estimate of drug-likeness (QED) is 0.288. The van der Waals surface area contributed by atoms with E-state index in [1.807, 2.05) is 121 Å². The third-order valence-electron chi connectivity index (χ3n) is 6.96. The van der Waals surface area contributed by atoms with Crippen molar-refractivity contribution in [2.45, 2.75) is 38.0 Å². The zero-order valence-corrected chi connectivity index (χ0v) is 21.1. The first-order valence-electron chi connectivity index (χ1n) is 12.9. The molecule has 1 unspecified atom stereocenters. The van der Waals surface area contributed by atoms with Gasteiger partial charge in [0.05, 0.1) is 0 Å². The molecule has 0 bridgehead atoms. The van der Waals surface area contributed by atoms with Crippen LogP contribution in [0, 0.1) is 0 Å². The van der Waals surface area contributed by atoms with E-state index in [4.69, 9.17) is 0 Å². The van der Waals surface area contributed by atoms with Crippen LogP contribution < -0.4 is 0 Å². The number of carbonyl (C=O) groups excluding carboxylic acids is 3. The van der Waals surface area contributed by atoms with Crippen LogP contribution in [-0.2, 0) is 35.5 Å². The molecule has 2 atom stereocenters. The maximum Gasteiger partial charge on any atom is 0.322 e. The number of benzene rings is 4. The largest absolute Gasteiger partial charge is 0.322 e. The summed E-state index contributed by atoms with van der Waals surface area (Å²) in [5, 5.41) is 0. The summed E-state index contributed by atoms with van der Waals surface area (Å²) in [4.78, 5) is 45.1. The first-order valence-corrected chi connectivity index (χ1v) is 12.9. The first-order chi connectivity index (χ1) is 18.6. The Morgan fingerprint density at radius 2 is 0.763 bits per heavy atom. The third kappa shape index (κ3) is 5.73. The molecule has 5 rings (SSSR count). The number of urea groups is 1. The molecule has 0 spiro atoms. The Balaban J connectivity index is 1.54. The summed E-state index contributed by atoms with van der Waals surface area (Å²) in [7, 11) is 0. The predicted molar refractivity (Wildman–Crippen MR) is 147 cm³/mol. The molecular formula is C33H30N2O3. The minimum absolute atomic E-state index is 0.137. The molecule has 1 aliphatic heterocycles. The molecule has 0 N–H and O–H groups in total. The molecule has 4 aromatic rings. The number of hydrogen-bond donors (Lipinski definition) is 0. The van der Waals surface area contributed by atoms with Crippen molar-refractivity contribution < 1.29 is 14.4 Å². The zero-order valence-electron chi connectivity index (χ0n) is 21.1. The number of nitrogens with zero attached hydrogens (tertiary/aromatic N) is 2. The predicted octanol–water partition coefficient (Wildman–Crippen LogP) is 5.49. The number of rotatable bonds is 10. The summed E-state index contributed by atoms with van der Waals surface area (Å²) >= 11 is 0. The molecule has 5 nitrogen and oxygen atoms in total. The van der Waals surface area contributed by atoms with Crippen LogP contribution in [0.4, 0.5) is 4.79 Å². The van der Waals surface area contributed by atoms with Crippen molar-refractivity contribution >= 4 is 17.6 Å². The highest BCUT2D eigenvalue weighted by Crippen LogP contribution is 2.30. The summed E-state index contributed by atoms with van der Waals surface area (Å²) in [6.45, 7) is 0.510. The van der Waals surface area contributed by atoms with E-state index in [-0.39, 0.29) is 43.5 Å². The van der Waals surface area contributed by atoms with Gasteiger partial charge in [0.25, 0.3) is 0 Å². The molecule has 2 amide bonds. The van der Waals surface area contributed by atoms with E-state index in [1.165, 1.54) is 0 Å². The van der Waals surface area contributed by atoms with E-state index in [0.29, 0.717) is 0 Å². The van der Waals surface area contributed by atoms with Crippen molar-refractivity contribution in [3.63, 3.8) is 0 Å². The maximum absolute atomic E-state index is 14.0. The Bertz CT molecular complexity index is 1270. The molecule has 38 heavy (non-hydrogen) atoms. The second-order valence-corrected chi connectivity index (χ2v) is 9.66. The number of ketones is 2. The van der Waals surface area contributed by atoms with Crippen molar-refractivity contribution in [1.82, 2.24) is 9.80 Å². The highest BCUT2D eigenvalue weighted by Gasteiger charge is 2.51. The summed E-state index contributed by atoms with van der Waals surface area (Å²) in [6.07, 6.45) is 0.302. The molecule has 0 saturated carbocycles. The van der Waals surface area contributed by atoms with Gasteiger partial charge in [-0.3, -0.25) is 9.59 Å². The van der Waals surface area contributed by atoms with Gasteiger partial charge >= 0.3 is 6.03 Å². The van der Waals surface area contributed by atoms with Crippen molar-refractivity contribution in [1.29, 1.82) is 0 Å². The molecule has 190 valence electrons. The Labute approximate surface area is 223 Å². The van der Waals surface area contributed by atoms with Crippen molar-refractivity contribution in [2.75, 3.05) is 0 Å². The van der Waals surface area contributed by atoms with Crippen LogP contribution >= 0.6 is 0 Å². The minimum atomic E-state index is -0.886. The van der Waals surface area contributed by atoms with E-state index >= 15 is 0 Å². The van der Waals surface area contributed by atoms with E-state index in [0.717, 1.165) is 22.3 Å². The lowest BCUT2D eigenvalue weighted by Gasteiger charge is -2.26. The van der Waals surface area contributed by atoms with Crippen LogP contribution in [0.5, 0.6) is 0 Å². The van der Waals surface area contributed by atoms with Crippen molar-refractivity contribution in [3.05, 3.63) is 144 Å². The lowest BCUT2D eigenvalue weighted by atomic mass is 9.92. The fraction of sp³-hybridized carbons (Fsp3) is 0.182. The second-order valence-electron chi connectivity index (χ2n) is 9.66. The van der Waals surface area contributed by atoms with Crippen LogP contribution in [0.2, 0.25) is 0 Å². The fourth-order valence-corrected chi connectivity index (χ4v) is 5.14. The summed E-state index contributed by atoms with van der Waals surface area (Å²) in [5.74, 6) is -0.273. The SMILES string of the molecule is O=C(Cc1ccccc1)C1[C@H](C(=O)Cc2ccccc2)N(Cc2ccccc2)C(=O)N1Cc1ccccc1. The fourth-order valence-electron chi connectivity index (χ4n) is 5.14. The molecule has 0 aliphatic carbocycles. The molecular weight excluding hydrogens is 472 g/mol. The van der Waals surface area contributed by atoms with Gasteiger partial charge in [0.2, 0.25) is 0 Å². The van der Waals surface area contributed by atoms with Gasteiger partial charge in [0.1, 0.15) is 12.1 Å². The maximum atomic E-state index is 14.0. The Morgan fingerprint density at radius 1 is 0.474 bits per heavy atom. The summed E-state index contributed by atoms with van der Waals surface area (Å²) in [6, 6.07) is 36.2. The van der Waals surface area contributed by atoms with Crippen molar-refractivity contribution in [3.8, 4) is 0 Å². The lowest BCUT2D eigenvalue weighted by molar-refractivity contribution is -0.130. The summed E-state index contributed by atoms with van der Waals surface area (Å²) in [5.41, 5.74) is 3.55. The number of carbonyl (C=O) groups is 3. The van der Waals surface area contributed by atoms with Crippen LogP contribution in [0.15, 0.2) is 121 Å². The van der Waals surface area contributed by atoms with Crippen LogP contribution in [0.3, 0.4) is 0 Å². The average Bonchev–Trinajstić information content (AvgIpc) is 3.22. The molecule has 4 aromatic carbocycles. The molecule has 1 fully saturated rings. The smallest absolute Gasteiger partial charge is 0.308 e. The Kier molecular flexibility index (Phi) is 7.74. The third-order valence-corrected chi connectivity index (χ3v) is 6.96. The van der Waals surface area contributed by atoms with Crippen molar-refractivity contribution in [2.24, 2.45) is 0 Å². The van der Waals surface area contributed by atoms with Gasteiger partial charge in [-0.1, -0.05) is 121 Å². The Hall–Kier alpha value is -4.51. The first kappa shape index (κ1) is 25.2. The second kappa shape index (κ2) is 11.7. The van der Waals surface area contributed by atoms with Gasteiger partial charge in [-0.15, -0.1) is 0 Å². The standard InChI is InChI=1S/C33H30N2O3/c36-29(21-25-13-5-1-6-14-25)31-32(30(37)22-26-15-7-2-8-16-26)35(24-28-19-11-4-12-20-28)33(38)34(31)23-27-17-9-3-10-18-27/h1-20,31-32H,21-24H2/t31-,32?/m0/s1. The van der Waals surface area contributed by atoms with E-state index in [1.54, 1.807) is 9.80 Å². The number of amides is 2. The van der Waals surface area contributed by atoms with Crippen LogP contribution in [0.25, 0.3) is 0 Å². The van der Waals surface area contributed by atoms with Gasteiger partial charge < -0.3 is 9.80 Å². The molecule has 1 heterocycles. The minimum Gasteiger partial charge on any atom is -0.308 e.